The van der Waals surface area contributed by atoms with E-state index in [0.29, 0.717) is 30.1 Å². The normalized spacial score (nSPS) is 10.9. The second kappa shape index (κ2) is 11.0. The van der Waals surface area contributed by atoms with Crippen molar-refractivity contribution in [2.75, 3.05) is 11.1 Å². The Balaban J connectivity index is 1.67. The van der Waals surface area contributed by atoms with Crippen LogP contribution in [0.5, 0.6) is 5.75 Å². The zero-order valence-corrected chi connectivity index (χ0v) is 19.9. The van der Waals surface area contributed by atoms with Crippen LogP contribution < -0.4 is 10.1 Å². The number of aromatic nitrogens is 3. The SMILES string of the molecule is C=CCn1c(COc2cc(C)ccc2C(C)C)nnc1SCC(=O)Nc1cccc(C)c1. The van der Waals surface area contributed by atoms with Gasteiger partial charge in [0.05, 0.1) is 5.75 Å². The van der Waals surface area contributed by atoms with Crippen molar-refractivity contribution in [2.45, 2.75) is 51.9 Å². The van der Waals surface area contributed by atoms with Gasteiger partial charge in [-0.15, -0.1) is 16.8 Å². The summed E-state index contributed by atoms with van der Waals surface area (Å²) in [5, 5.41) is 12.2. The molecule has 7 heteroatoms. The molecule has 0 aliphatic heterocycles. The highest BCUT2D eigenvalue weighted by atomic mass is 32.2. The lowest BCUT2D eigenvalue weighted by Gasteiger charge is -2.15. The lowest BCUT2D eigenvalue weighted by Crippen LogP contribution is -2.15. The van der Waals surface area contributed by atoms with Gasteiger partial charge in [-0.25, -0.2) is 0 Å². The molecule has 0 aliphatic carbocycles. The van der Waals surface area contributed by atoms with Crippen LogP contribution in [0, 0.1) is 13.8 Å². The number of aryl methyl sites for hydroxylation is 2. The Labute approximate surface area is 194 Å². The Morgan fingerprint density at radius 3 is 2.69 bits per heavy atom. The molecule has 1 heterocycles. The first-order chi connectivity index (χ1) is 15.4. The van der Waals surface area contributed by atoms with Gasteiger partial charge in [0.15, 0.2) is 11.0 Å². The summed E-state index contributed by atoms with van der Waals surface area (Å²) in [5.74, 6) is 2.06. The van der Waals surface area contributed by atoms with Crippen LogP contribution in [0.1, 0.15) is 42.3 Å². The van der Waals surface area contributed by atoms with Gasteiger partial charge in [0.2, 0.25) is 5.91 Å². The molecule has 1 aromatic heterocycles. The summed E-state index contributed by atoms with van der Waals surface area (Å²) in [6, 6.07) is 14.0. The predicted molar refractivity (Wildman–Crippen MR) is 130 cm³/mol. The number of rotatable bonds is 10. The molecule has 1 amide bonds. The first-order valence-electron chi connectivity index (χ1n) is 10.6. The summed E-state index contributed by atoms with van der Waals surface area (Å²) in [5.41, 5.74) is 4.19. The fourth-order valence-electron chi connectivity index (χ4n) is 3.28. The Hall–Kier alpha value is -3.06. The van der Waals surface area contributed by atoms with Crippen molar-refractivity contribution in [3.05, 3.63) is 77.6 Å². The number of carbonyl (C=O) groups excluding carboxylic acids is 1. The maximum atomic E-state index is 12.4. The first-order valence-corrected chi connectivity index (χ1v) is 11.6. The van der Waals surface area contributed by atoms with E-state index in [1.54, 1.807) is 6.08 Å². The molecule has 0 spiro atoms. The second-order valence-electron chi connectivity index (χ2n) is 7.99. The monoisotopic (exact) mass is 450 g/mol. The van der Waals surface area contributed by atoms with E-state index >= 15 is 0 Å². The summed E-state index contributed by atoms with van der Waals surface area (Å²) in [4.78, 5) is 12.4. The van der Waals surface area contributed by atoms with Crippen LogP contribution in [0.25, 0.3) is 0 Å². The molecule has 3 rings (SSSR count). The largest absolute Gasteiger partial charge is 0.485 e. The fraction of sp³-hybridized carbons (Fsp3) is 0.320. The van der Waals surface area contributed by atoms with Gasteiger partial charge in [-0.05, 0) is 54.7 Å². The van der Waals surface area contributed by atoms with Gasteiger partial charge in [-0.3, -0.25) is 9.36 Å². The molecular formula is C25H30N4O2S. The number of amides is 1. The summed E-state index contributed by atoms with van der Waals surface area (Å²) in [6.45, 7) is 13.0. The molecule has 3 aromatic rings. The summed E-state index contributed by atoms with van der Waals surface area (Å²) in [6.07, 6.45) is 1.79. The molecule has 0 unspecified atom stereocenters. The summed E-state index contributed by atoms with van der Waals surface area (Å²) < 4.78 is 8.07. The third kappa shape index (κ3) is 6.23. The highest BCUT2D eigenvalue weighted by Crippen LogP contribution is 2.28. The molecular weight excluding hydrogens is 420 g/mol. The number of benzene rings is 2. The number of ether oxygens (including phenoxy) is 1. The summed E-state index contributed by atoms with van der Waals surface area (Å²) in [7, 11) is 0. The zero-order chi connectivity index (χ0) is 23.1. The second-order valence-corrected chi connectivity index (χ2v) is 8.93. The van der Waals surface area contributed by atoms with E-state index in [2.05, 4.69) is 54.1 Å². The average Bonchev–Trinajstić information content (AvgIpc) is 3.12. The lowest BCUT2D eigenvalue weighted by atomic mass is 10.0. The van der Waals surface area contributed by atoms with Gasteiger partial charge in [0.25, 0.3) is 0 Å². The third-order valence-corrected chi connectivity index (χ3v) is 5.85. The summed E-state index contributed by atoms with van der Waals surface area (Å²) >= 11 is 1.35. The molecule has 6 nitrogen and oxygen atoms in total. The quantitative estimate of drug-likeness (QED) is 0.326. The maximum absolute atomic E-state index is 12.4. The average molecular weight is 451 g/mol. The van der Waals surface area contributed by atoms with Crippen molar-refractivity contribution in [1.29, 1.82) is 0 Å². The minimum atomic E-state index is -0.0899. The van der Waals surface area contributed by atoms with Crippen LogP contribution in [0.2, 0.25) is 0 Å². The Morgan fingerprint density at radius 1 is 1.19 bits per heavy atom. The molecule has 0 atom stereocenters. The van der Waals surface area contributed by atoms with Crippen molar-refractivity contribution < 1.29 is 9.53 Å². The van der Waals surface area contributed by atoms with Crippen LogP contribution >= 0.6 is 11.8 Å². The molecule has 32 heavy (non-hydrogen) atoms. The van der Waals surface area contributed by atoms with Gasteiger partial charge >= 0.3 is 0 Å². The number of hydrogen-bond donors (Lipinski definition) is 1. The van der Waals surface area contributed by atoms with Gasteiger partial charge in [-0.2, -0.15) is 0 Å². The molecule has 2 aromatic carbocycles. The highest BCUT2D eigenvalue weighted by molar-refractivity contribution is 7.99. The Morgan fingerprint density at radius 2 is 1.97 bits per heavy atom. The highest BCUT2D eigenvalue weighted by Gasteiger charge is 2.16. The zero-order valence-electron chi connectivity index (χ0n) is 19.1. The van der Waals surface area contributed by atoms with E-state index in [4.69, 9.17) is 4.74 Å². The van der Waals surface area contributed by atoms with Crippen molar-refractivity contribution >= 4 is 23.4 Å². The van der Waals surface area contributed by atoms with Crippen LogP contribution in [0.3, 0.4) is 0 Å². The van der Waals surface area contributed by atoms with Crippen LogP contribution in [-0.4, -0.2) is 26.4 Å². The predicted octanol–water partition coefficient (Wildman–Crippen LogP) is 5.51. The van der Waals surface area contributed by atoms with Gasteiger partial charge < -0.3 is 10.1 Å². The third-order valence-electron chi connectivity index (χ3n) is 4.89. The molecule has 1 N–H and O–H groups in total. The number of anilines is 1. The van der Waals surface area contributed by atoms with E-state index in [1.807, 2.05) is 42.7 Å². The molecule has 0 aliphatic rings. The number of carbonyl (C=O) groups is 1. The topological polar surface area (TPSA) is 69.0 Å². The van der Waals surface area contributed by atoms with Crippen molar-refractivity contribution in [3.8, 4) is 5.75 Å². The standard InChI is InChI=1S/C25H30N4O2S/c1-6-12-29-23(15-31-22-14-19(5)10-11-21(22)17(2)3)27-28-25(29)32-16-24(30)26-20-9-7-8-18(4)13-20/h6-11,13-14,17H,1,12,15-16H2,2-5H3,(H,26,30). The van der Waals surface area contributed by atoms with Crippen LogP contribution in [-0.2, 0) is 17.9 Å². The molecule has 0 saturated carbocycles. The van der Waals surface area contributed by atoms with E-state index in [0.717, 1.165) is 28.1 Å². The number of thioether (sulfide) groups is 1. The maximum Gasteiger partial charge on any atom is 0.234 e. The van der Waals surface area contributed by atoms with Gasteiger partial charge in [0, 0.05) is 12.2 Å². The molecule has 0 fully saturated rings. The minimum absolute atomic E-state index is 0.0899. The van der Waals surface area contributed by atoms with Crippen molar-refractivity contribution in [1.82, 2.24) is 14.8 Å². The number of hydrogen-bond acceptors (Lipinski definition) is 5. The molecule has 0 bridgehead atoms. The van der Waals surface area contributed by atoms with Crippen LogP contribution in [0.4, 0.5) is 5.69 Å². The first kappa shape index (κ1) is 23.6. The lowest BCUT2D eigenvalue weighted by molar-refractivity contribution is -0.113. The Kier molecular flexibility index (Phi) is 8.11. The fourth-order valence-corrected chi connectivity index (χ4v) is 4.05. The smallest absolute Gasteiger partial charge is 0.234 e. The number of nitrogens with one attached hydrogen (secondary N) is 1. The minimum Gasteiger partial charge on any atom is -0.485 e. The van der Waals surface area contributed by atoms with Gasteiger partial charge in [0.1, 0.15) is 12.4 Å². The van der Waals surface area contributed by atoms with E-state index in [-0.39, 0.29) is 11.7 Å². The Bertz CT molecular complexity index is 1090. The molecule has 0 saturated heterocycles. The molecule has 0 radical (unpaired) electrons. The van der Waals surface area contributed by atoms with Crippen molar-refractivity contribution in [3.63, 3.8) is 0 Å². The number of allylic oxidation sites excluding steroid dienone is 1. The molecule has 168 valence electrons. The van der Waals surface area contributed by atoms with Crippen molar-refractivity contribution in [2.24, 2.45) is 0 Å². The van der Waals surface area contributed by atoms with E-state index in [1.165, 1.54) is 11.8 Å². The van der Waals surface area contributed by atoms with E-state index < -0.39 is 0 Å². The number of nitrogens with zero attached hydrogens (tertiary/aromatic N) is 3. The van der Waals surface area contributed by atoms with Crippen LogP contribution in [0.15, 0.2) is 60.3 Å². The van der Waals surface area contributed by atoms with Gasteiger partial charge in [-0.1, -0.05) is 56.0 Å². The van der Waals surface area contributed by atoms with E-state index in [9.17, 15) is 4.79 Å².